The standard InChI is InChI=1S/C16H25NO/c1-5-6-7-12-17-14(4)15-8-10-16(11-9-15)18-13(2)3/h5-6,8-11,13-14,17H,7,12H2,1-4H3/b6-5+. The summed E-state index contributed by atoms with van der Waals surface area (Å²) in [6.45, 7) is 9.33. The molecule has 0 aliphatic rings. The van der Waals surface area contributed by atoms with Crippen molar-refractivity contribution in [3.63, 3.8) is 0 Å². The van der Waals surface area contributed by atoms with E-state index in [0.29, 0.717) is 6.04 Å². The molecule has 2 nitrogen and oxygen atoms in total. The number of benzene rings is 1. The first-order chi connectivity index (χ1) is 8.63. The fraction of sp³-hybridized carbons (Fsp3) is 0.500. The second-order valence-electron chi connectivity index (χ2n) is 4.77. The lowest BCUT2D eigenvalue weighted by molar-refractivity contribution is 0.242. The van der Waals surface area contributed by atoms with Crippen LogP contribution in [0.2, 0.25) is 0 Å². The minimum absolute atomic E-state index is 0.229. The van der Waals surface area contributed by atoms with E-state index in [9.17, 15) is 0 Å². The highest BCUT2D eigenvalue weighted by atomic mass is 16.5. The van der Waals surface area contributed by atoms with Crippen molar-refractivity contribution in [3.8, 4) is 5.75 Å². The molecule has 0 saturated carbocycles. The Labute approximate surface area is 111 Å². The lowest BCUT2D eigenvalue weighted by Crippen LogP contribution is -2.19. The van der Waals surface area contributed by atoms with Crippen LogP contribution in [0.3, 0.4) is 0 Å². The van der Waals surface area contributed by atoms with E-state index in [-0.39, 0.29) is 6.10 Å². The van der Waals surface area contributed by atoms with Gasteiger partial charge >= 0.3 is 0 Å². The van der Waals surface area contributed by atoms with E-state index in [2.05, 4.69) is 43.4 Å². The van der Waals surface area contributed by atoms with Crippen molar-refractivity contribution >= 4 is 0 Å². The van der Waals surface area contributed by atoms with Gasteiger partial charge in [-0.05, 0) is 58.4 Å². The van der Waals surface area contributed by atoms with E-state index in [0.717, 1.165) is 18.7 Å². The van der Waals surface area contributed by atoms with Crippen molar-refractivity contribution < 1.29 is 4.74 Å². The zero-order valence-corrected chi connectivity index (χ0v) is 11.9. The van der Waals surface area contributed by atoms with Gasteiger partial charge in [0.15, 0.2) is 0 Å². The molecule has 1 unspecified atom stereocenters. The maximum absolute atomic E-state index is 5.63. The van der Waals surface area contributed by atoms with Gasteiger partial charge in [-0.3, -0.25) is 0 Å². The molecule has 1 N–H and O–H groups in total. The number of hydrogen-bond donors (Lipinski definition) is 1. The molecule has 18 heavy (non-hydrogen) atoms. The van der Waals surface area contributed by atoms with Gasteiger partial charge in [-0.25, -0.2) is 0 Å². The van der Waals surface area contributed by atoms with Crippen molar-refractivity contribution in [1.29, 1.82) is 0 Å². The van der Waals surface area contributed by atoms with Crippen molar-refractivity contribution in [2.75, 3.05) is 6.54 Å². The molecule has 0 saturated heterocycles. The fourth-order valence-corrected chi connectivity index (χ4v) is 1.77. The molecule has 0 aromatic heterocycles. The fourth-order valence-electron chi connectivity index (χ4n) is 1.77. The summed E-state index contributed by atoms with van der Waals surface area (Å²) >= 11 is 0. The summed E-state index contributed by atoms with van der Waals surface area (Å²) in [6, 6.07) is 8.72. The van der Waals surface area contributed by atoms with E-state index in [1.807, 2.05) is 26.0 Å². The summed E-state index contributed by atoms with van der Waals surface area (Å²) in [6.07, 6.45) is 5.58. The molecule has 100 valence electrons. The molecule has 1 aromatic rings. The molecule has 0 fully saturated rings. The van der Waals surface area contributed by atoms with Crippen LogP contribution in [-0.2, 0) is 0 Å². The van der Waals surface area contributed by atoms with Crippen LogP contribution in [0.25, 0.3) is 0 Å². The molecule has 0 amide bonds. The normalized spacial score (nSPS) is 13.2. The lowest BCUT2D eigenvalue weighted by Gasteiger charge is -2.15. The van der Waals surface area contributed by atoms with Crippen LogP contribution < -0.4 is 10.1 Å². The average molecular weight is 247 g/mol. The molecule has 0 spiro atoms. The number of hydrogen-bond acceptors (Lipinski definition) is 2. The third kappa shape index (κ3) is 5.37. The van der Waals surface area contributed by atoms with Gasteiger partial charge in [0.1, 0.15) is 5.75 Å². The van der Waals surface area contributed by atoms with Crippen LogP contribution in [0, 0.1) is 0 Å². The number of ether oxygens (including phenoxy) is 1. The molecular formula is C16H25NO. The van der Waals surface area contributed by atoms with Crippen LogP contribution in [0.4, 0.5) is 0 Å². The second kappa shape index (κ2) is 7.93. The van der Waals surface area contributed by atoms with Gasteiger partial charge in [-0.1, -0.05) is 24.3 Å². The summed E-state index contributed by atoms with van der Waals surface area (Å²) in [5, 5.41) is 3.50. The minimum atomic E-state index is 0.229. The molecule has 2 heteroatoms. The smallest absolute Gasteiger partial charge is 0.119 e. The largest absolute Gasteiger partial charge is 0.491 e. The van der Waals surface area contributed by atoms with E-state index in [4.69, 9.17) is 4.74 Å². The van der Waals surface area contributed by atoms with E-state index in [1.54, 1.807) is 0 Å². The Balaban J connectivity index is 2.45. The highest BCUT2D eigenvalue weighted by molar-refractivity contribution is 5.29. The third-order valence-electron chi connectivity index (χ3n) is 2.75. The first-order valence-electron chi connectivity index (χ1n) is 6.74. The molecule has 0 aliphatic carbocycles. The van der Waals surface area contributed by atoms with Crippen LogP contribution in [0.1, 0.15) is 45.7 Å². The molecule has 0 aliphatic heterocycles. The Morgan fingerprint density at radius 3 is 2.39 bits per heavy atom. The Morgan fingerprint density at radius 2 is 1.83 bits per heavy atom. The predicted octanol–water partition coefficient (Wildman–Crippen LogP) is 4.09. The summed E-state index contributed by atoms with van der Waals surface area (Å²) in [4.78, 5) is 0. The summed E-state index contributed by atoms with van der Waals surface area (Å²) in [7, 11) is 0. The molecule has 1 aromatic carbocycles. The highest BCUT2D eigenvalue weighted by Gasteiger charge is 2.04. The first kappa shape index (κ1) is 14.8. The van der Waals surface area contributed by atoms with E-state index < -0.39 is 0 Å². The molecule has 1 rings (SSSR count). The van der Waals surface area contributed by atoms with Gasteiger partial charge in [0.05, 0.1) is 6.10 Å². The Hall–Kier alpha value is -1.28. The third-order valence-corrected chi connectivity index (χ3v) is 2.75. The molecule has 0 bridgehead atoms. The van der Waals surface area contributed by atoms with Crippen molar-refractivity contribution in [1.82, 2.24) is 5.32 Å². The van der Waals surface area contributed by atoms with Crippen LogP contribution >= 0.6 is 0 Å². The van der Waals surface area contributed by atoms with Gasteiger partial charge in [-0.2, -0.15) is 0 Å². The topological polar surface area (TPSA) is 21.3 Å². The molecule has 0 heterocycles. The van der Waals surface area contributed by atoms with Gasteiger partial charge in [0.2, 0.25) is 0 Å². The summed E-state index contributed by atoms with van der Waals surface area (Å²) in [5.74, 6) is 0.940. The average Bonchev–Trinajstić information content (AvgIpc) is 2.34. The van der Waals surface area contributed by atoms with Gasteiger partial charge in [0.25, 0.3) is 0 Å². The molecular weight excluding hydrogens is 222 g/mol. The maximum Gasteiger partial charge on any atom is 0.119 e. The van der Waals surface area contributed by atoms with Crippen LogP contribution in [-0.4, -0.2) is 12.6 Å². The Bertz CT molecular complexity index is 354. The number of rotatable bonds is 7. The zero-order chi connectivity index (χ0) is 13.4. The van der Waals surface area contributed by atoms with Crippen molar-refractivity contribution in [3.05, 3.63) is 42.0 Å². The van der Waals surface area contributed by atoms with Crippen LogP contribution in [0.15, 0.2) is 36.4 Å². The molecule has 1 atom stereocenters. The SMILES string of the molecule is C/C=C/CCNC(C)c1ccc(OC(C)C)cc1. The van der Waals surface area contributed by atoms with Crippen molar-refractivity contribution in [2.24, 2.45) is 0 Å². The monoisotopic (exact) mass is 247 g/mol. The van der Waals surface area contributed by atoms with Gasteiger partial charge < -0.3 is 10.1 Å². The molecule has 0 radical (unpaired) electrons. The van der Waals surface area contributed by atoms with Crippen LogP contribution in [0.5, 0.6) is 5.75 Å². The zero-order valence-electron chi connectivity index (χ0n) is 11.9. The minimum Gasteiger partial charge on any atom is -0.491 e. The lowest BCUT2D eigenvalue weighted by atomic mass is 10.1. The van der Waals surface area contributed by atoms with Gasteiger partial charge in [-0.15, -0.1) is 0 Å². The quantitative estimate of drug-likeness (QED) is 0.579. The number of allylic oxidation sites excluding steroid dienone is 1. The maximum atomic E-state index is 5.63. The Morgan fingerprint density at radius 1 is 1.17 bits per heavy atom. The van der Waals surface area contributed by atoms with E-state index in [1.165, 1.54) is 5.56 Å². The van der Waals surface area contributed by atoms with Crippen molar-refractivity contribution in [2.45, 2.75) is 46.3 Å². The van der Waals surface area contributed by atoms with E-state index >= 15 is 0 Å². The Kier molecular flexibility index (Phi) is 6.51. The predicted molar refractivity (Wildman–Crippen MR) is 78.1 cm³/mol. The number of nitrogens with one attached hydrogen (secondary N) is 1. The second-order valence-corrected chi connectivity index (χ2v) is 4.77. The summed E-state index contributed by atoms with van der Waals surface area (Å²) < 4.78 is 5.63. The summed E-state index contributed by atoms with van der Waals surface area (Å²) in [5.41, 5.74) is 1.30. The highest BCUT2D eigenvalue weighted by Crippen LogP contribution is 2.18. The van der Waals surface area contributed by atoms with Gasteiger partial charge in [0, 0.05) is 6.04 Å². The first-order valence-corrected chi connectivity index (χ1v) is 6.74.